The summed E-state index contributed by atoms with van der Waals surface area (Å²) < 4.78 is 40.6. The predicted molar refractivity (Wildman–Crippen MR) is 89.6 cm³/mol. The number of halogens is 3. The highest BCUT2D eigenvalue weighted by atomic mass is 19.4. The van der Waals surface area contributed by atoms with E-state index in [0.29, 0.717) is 32.7 Å². The average molecular weight is 381 g/mol. The zero-order chi connectivity index (χ0) is 19.6. The minimum absolute atomic E-state index is 0.0411. The monoisotopic (exact) mass is 381 g/mol. The van der Waals surface area contributed by atoms with Gasteiger partial charge in [-0.05, 0) is 19.4 Å². The summed E-state index contributed by atoms with van der Waals surface area (Å²) in [5.41, 5.74) is -1.60. The summed E-state index contributed by atoms with van der Waals surface area (Å²) in [6.45, 7) is 4.15. The van der Waals surface area contributed by atoms with Crippen LogP contribution in [0, 0.1) is 16.7 Å². The second kappa shape index (κ2) is 5.65. The molecule has 4 rings (SSSR count). The van der Waals surface area contributed by atoms with Crippen molar-refractivity contribution < 1.29 is 23.1 Å². The van der Waals surface area contributed by atoms with E-state index in [-0.39, 0.29) is 23.1 Å². The highest BCUT2D eigenvalue weighted by Gasteiger charge is 2.54. The van der Waals surface area contributed by atoms with Crippen LogP contribution in [0.2, 0.25) is 0 Å². The van der Waals surface area contributed by atoms with E-state index < -0.39 is 23.4 Å². The molecule has 1 spiro atoms. The van der Waals surface area contributed by atoms with Crippen LogP contribution in [0.25, 0.3) is 0 Å². The van der Waals surface area contributed by atoms with Gasteiger partial charge in [-0.15, -0.1) is 0 Å². The maximum Gasteiger partial charge on any atom is 0.417 e. The van der Waals surface area contributed by atoms with Gasteiger partial charge < -0.3 is 19.8 Å². The molecule has 1 aromatic heterocycles. The molecule has 27 heavy (non-hydrogen) atoms. The number of carbonyl (C=O) groups is 1. The number of nitrogens with zero attached hydrogens (tertiary/aromatic N) is 5. The molecule has 0 bridgehead atoms. The Kier molecular flexibility index (Phi) is 3.70. The summed E-state index contributed by atoms with van der Waals surface area (Å²) in [6.07, 6.45) is -4.79. The molecule has 1 amide bonds. The Bertz CT molecular complexity index is 836. The third-order valence-electron chi connectivity index (χ3n) is 5.70. The third kappa shape index (κ3) is 2.72. The van der Waals surface area contributed by atoms with Crippen molar-refractivity contribution in [1.82, 2.24) is 9.88 Å². The number of aromatic nitrogens is 1. The lowest BCUT2D eigenvalue weighted by atomic mass is 9.73. The van der Waals surface area contributed by atoms with E-state index in [1.165, 1.54) is 4.90 Å². The van der Waals surface area contributed by atoms with Crippen molar-refractivity contribution in [2.75, 3.05) is 42.5 Å². The molecule has 0 saturated carbocycles. The molecule has 4 heterocycles. The van der Waals surface area contributed by atoms with Crippen molar-refractivity contribution in [1.29, 1.82) is 5.26 Å². The number of hydrogen-bond acceptors (Lipinski definition) is 5. The van der Waals surface area contributed by atoms with Crippen molar-refractivity contribution in [3.8, 4) is 6.07 Å². The molecule has 144 valence electrons. The predicted octanol–water partition coefficient (Wildman–Crippen LogP) is 2.37. The summed E-state index contributed by atoms with van der Waals surface area (Å²) in [5.74, 6) is 0.276. The van der Waals surface area contributed by atoms with Crippen LogP contribution in [-0.4, -0.2) is 59.8 Å². The molecule has 0 radical (unpaired) electrons. The van der Waals surface area contributed by atoms with E-state index in [9.17, 15) is 23.2 Å². The summed E-state index contributed by atoms with van der Waals surface area (Å²) in [7, 11) is 0. The fraction of sp³-hybridized carbons (Fsp3) is 0.588. The molecule has 1 aromatic rings. The number of pyridine rings is 1. The lowest BCUT2D eigenvalue weighted by Crippen LogP contribution is -2.73. The standard InChI is InChI=1S/C17H18F3N5O2/c1-10-2-3-25(10)14-11(5-21)12(17(18,19)20)4-13(22-14)23-6-16(7-23)8-24(9-16)15(26)27/h4,10H,2-3,6-9H2,1H3,(H,26,27). The highest BCUT2D eigenvalue weighted by Crippen LogP contribution is 2.44. The maximum atomic E-state index is 13.5. The van der Waals surface area contributed by atoms with Gasteiger partial charge in [0.05, 0.1) is 5.56 Å². The van der Waals surface area contributed by atoms with E-state index in [1.807, 2.05) is 6.92 Å². The Morgan fingerprint density at radius 1 is 1.37 bits per heavy atom. The van der Waals surface area contributed by atoms with E-state index in [0.717, 1.165) is 12.5 Å². The number of amides is 1. The van der Waals surface area contributed by atoms with E-state index in [2.05, 4.69) is 4.98 Å². The Morgan fingerprint density at radius 3 is 2.48 bits per heavy atom. The third-order valence-corrected chi connectivity index (χ3v) is 5.70. The van der Waals surface area contributed by atoms with Crippen molar-refractivity contribution in [3.05, 3.63) is 17.2 Å². The molecule has 1 N–H and O–H groups in total. The van der Waals surface area contributed by atoms with Crippen LogP contribution in [0.4, 0.5) is 29.6 Å². The molecule has 3 saturated heterocycles. The van der Waals surface area contributed by atoms with Crippen molar-refractivity contribution >= 4 is 17.7 Å². The first-order valence-electron chi connectivity index (χ1n) is 8.65. The van der Waals surface area contributed by atoms with Crippen LogP contribution < -0.4 is 9.80 Å². The lowest BCUT2D eigenvalue weighted by Gasteiger charge is -2.59. The smallest absolute Gasteiger partial charge is 0.417 e. The zero-order valence-corrected chi connectivity index (χ0v) is 14.6. The second-order valence-corrected chi connectivity index (χ2v) is 7.66. The van der Waals surface area contributed by atoms with Gasteiger partial charge in [0.1, 0.15) is 23.3 Å². The normalized spacial score (nSPS) is 23.4. The molecular weight excluding hydrogens is 363 g/mol. The number of anilines is 2. The molecule has 7 nitrogen and oxygen atoms in total. The number of likely N-dealkylation sites (tertiary alicyclic amines) is 1. The molecule has 3 aliphatic rings. The van der Waals surface area contributed by atoms with Gasteiger partial charge in [-0.2, -0.15) is 18.4 Å². The summed E-state index contributed by atoms with van der Waals surface area (Å²) >= 11 is 0. The van der Waals surface area contributed by atoms with Gasteiger partial charge in [-0.3, -0.25) is 0 Å². The van der Waals surface area contributed by atoms with E-state index >= 15 is 0 Å². The minimum Gasteiger partial charge on any atom is -0.465 e. The van der Waals surface area contributed by atoms with Crippen molar-refractivity contribution in [2.24, 2.45) is 5.41 Å². The van der Waals surface area contributed by atoms with Crippen LogP contribution in [0.5, 0.6) is 0 Å². The first kappa shape index (κ1) is 17.7. The van der Waals surface area contributed by atoms with Gasteiger partial charge in [0, 0.05) is 44.2 Å². The van der Waals surface area contributed by atoms with Crippen LogP contribution in [0.15, 0.2) is 6.07 Å². The van der Waals surface area contributed by atoms with Gasteiger partial charge in [-0.1, -0.05) is 0 Å². The van der Waals surface area contributed by atoms with Crippen LogP contribution in [-0.2, 0) is 6.18 Å². The minimum atomic E-state index is -4.65. The molecule has 1 atom stereocenters. The van der Waals surface area contributed by atoms with Crippen LogP contribution in [0.1, 0.15) is 24.5 Å². The van der Waals surface area contributed by atoms with Gasteiger partial charge in [0.25, 0.3) is 0 Å². The molecule has 0 aliphatic carbocycles. The number of hydrogen-bond donors (Lipinski definition) is 1. The number of alkyl halides is 3. The molecule has 3 fully saturated rings. The zero-order valence-electron chi connectivity index (χ0n) is 14.6. The van der Waals surface area contributed by atoms with Gasteiger partial charge >= 0.3 is 12.3 Å². The highest BCUT2D eigenvalue weighted by molar-refractivity contribution is 5.68. The molecule has 0 aromatic carbocycles. The lowest BCUT2D eigenvalue weighted by molar-refractivity contribution is -0.137. The van der Waals surface area contributed by atoms with Gasteiger partial charge in [0.2, 0.25) is 0 Å². The average Bonchev–Trinajstić information content (AvgIpc) is 2.49. The summed E-state index contributed by atoms with van der Waals surface area (Å²) in [4.78, 5) is 20.0. The van der Waals surface area contributed by atoms with Crippen molar-refractivity contribution in [2.45, 2.75) is 25.6 Å². The SMILES string of the molecule is CC1CCN1c1nc(N2CC3(CN(C(=O)O)C3)C2)cc(C(F)(F)F)c1C#N. The summed E-state index contributed by atoms with van der Waals surface area (Å²) in [6, 6.07) is 2.66. The quantitative estimate of drug-likeness (QED) is 0.847. The largest absolute Gasteiger partial charge is 0.465 e. The van der Waals surface area contributed by atoms with E-state index in [4.69, 9.17) is 5.11 Å². The molecular formula is C17H18F3N5O2. The topological polar surface area (TPSA) is 83.7 Å². The Hall–Kier alpha value is -2.70. The van der Waals surface area contributed by atoms with Crippen LogP contribution >= 0.6 is 0 Å². The fourth-order valence-electron chi connectivity index (χ4n) is 4.08. The van der Waals surface area contributed by atoms with Crippen LogP contribution in [0.3, 0.4) is 0 Å². The Balaban J connectivity index is 1.63. The first-order valence-corrected chi connectivity index (χ1v) is 8.65. The molecule has 3 aliphatic heterocycles. The summed E-state index contributed by atoms with van der Waals surface area (Å²) in [5, 5.41) is 18.3. The van der Waals surface area contributed by atoms with Crippen molar-refractivity contribution in [3.63, 3.8) is 0 Å². The fourth-order valence-corrected chi connectivity index (χ4v) is 4.08. The Labute approximate surface area is 153 Å². The molecule has 10 heteroatoms. The Morgan fingerprint density at radius 2 is 2.04 bits per heavy atom. The van der Waals surface area contributed by atoms with E-state index in [1.54, 1.807) is 15.9 Å². The van der Waals surface area contributed by atoms with Gasteiger partial charge in [-0.25, -0.2) is 9.78 Å². The number of rotatable bonds is 2. The maximum absolute atomic E-state index is 13.5. The first-order chi connectivity index (χ1) is 12.6. The van der Waals surface area contributed by atoms with Gasteiger partial charge in [0.15, 0.2) is 0 Å². The number of nitriles is 1. The number of carboxylic acid groups (broad SMARTS) is 1. The second-order valence-electron chi connectivity index (χ2n) is 7.66. The molecule has 1 unspecified atom stereocenters.